The Morgan fingerprint density at radius 3 is 2.30 bits per heavy atom. The third kappa shape index (κ3) is 8.44. The molecule has 30 heavy (non-hydrogen) atoms. The quantitative estimate of drug-likeness (QED) is 0.362. The molecule has 0 fully saturated rings. The maximum absolute atomic E-state index is 10.3. The van der Waals surface area contributed by atoms with E-state index in [2.05, 4.69) is 48.3 Å². The predicted molar refractivity (Wildman–Crippen MR) is 113 cm³/mol. The molecule has 0 amide bonds. The van der Waals surface area contributed by atoms with Crippen molar-refractivity contribution in [1.29, 1.82) is 0 Å². The van der Waals surface area contributed by atoms with Gasteiger partial charge in [0.15, 0.2) is 11.5 Å². The van der Waals surface area contributed by atoms with Gasteiger partial charge in [0.2, 0.25) is 0 Å². The molecule has 0 aliphatic carbocycles. The van der Waals surface area contributed by atoms with E-state index in [1.807, 2.05) is 6.07 Å². The number of nitrogens with zero attached hydrogens (tertiary/aromatic N) is 4. The molecule has 1 aromatic heterocycles. The molecule has 0 unspecified atom stereocenters. The van der Waals surface area contributed by atoms with Crippen molar-refractivity contribution in [2.75, 3.05) is 13.2 Å². The number of unbranched alkanes of at least 4 members (excludes halogenated alkanes) is 4. The maximum atomic E-state index is 10.3. The molecule has 2 rings (SSSR count). The summed E-state index contributed by atoms with van der Waals surface area (Å²) >= 11 is 0. The van der Waals surface area contributed by atoms with Gasteiger partial charge in [-0.15, -0.1) is 0 Å². The summed E-state index contributed by atoms with van der Waals surface area (Å²) in [5.41, 5.74) is 0.946. The summed E-state index contributed by atoms with van der Waals surface area (Å²) in [6.45, 7) is 9.72. The summed E-state index contributed by atoms with van der Waals surface area (Å²) in [5, 5.41) is 25.4. The van der Waals surface area contributed by atoms with Crippen LogP contribution in [-0.4, -0.2) is 33.7 Å². The second-order valence-corrected chi connectivity index (χ2v) is 8.08. The summed E-state index contributed by atoms with van der Waals surface area (Å²) in [4.78, 5) is 0. The summed E-state index contributed by atoms with van der Waals surface area (Å²) in [6, 6.07) is 3.59. The van der Waals surface area contributed by atoms with Gasteiger partial charge in [0.1, 0.15) is 5.75 Å². The zero-order chi connectivity index (χ0) is 21.1. The third-order valence-electron chi connectivity index (χ3n) is 5.16. The number of hydrogen-bond donors (Lipinski definition) is 1. The topological polar surface area (TPSA) is 91.5 Å². The SMILES string of the molecule is CCCCCOc1cc(CC)c(OCCCCCC(C)(C)c2nn[n-]n2)cc1O.[Na+]. The average Bonchev–Trinajstić information content (AvgIpc) is 3.25. The van der Waals surface area contributed by atoms with Gasteiger partial charge in [0, 0.05) is 17.3 Å². The van der Waals surface area contributed by atoms with Gasteiger partial charge in [0.05, 0.1) is 13.2 Å². The van der Waals surface area contributed by atoms with Gasteiger partial charge in [-0.05, 0) is 37.3 Å². The van der Waals surface area contributed by atoms with E-state index in [0.29, 0.717) is 24.8 Å². The van der Waals surface area contributed by atoms with E-state index in [4.69, 9.17) is 9.47 Å². The predicted octanol–water partition coefficient (Wildman–Crippen LogP) is 1.59. The van der Waals surface area contributed by atoms with Crippen molar-refractivity contribution >= 4 is 0 Å². The number of tetrazole rings is 1. The van der Waals surface area contributed by atoms with Crippen LogP contribution in [0.2, 0.25) is 0 Å². The molecule has 0 radical (unpaired) electrons. The van der Waals surface area contributed by atoms with Crippen LogP contribution in [0.25, 0.3) is 0 Å². The van der Waals surface area contributed by atoms with Gasteiger partial charge in [-0.2, -0.15) is 0 Å². The monoisotopic (exact) mass is 426 g/mol. The summed E-state index contributed by atoms with van der Waals surface area (Å²) in [7, 11) is 0. The molecular formula is C22H35N4NaO3. The smallest absolute Gasteiger partial charge is 0.504 e. The van der Waals surface area contributed by atoms with Gasteiger partial charge in [-0.25, -0.2) is 0 Å². The van der Waals surface area contributed by atoms with Crippen molar-refractivity contribution in [3.05, 3.63) is 23.5 Å². The molecule has 0 bridgehead atoms. The molecule has 7 nitrogen and oxygen atoms in total. The van der Waals surface area contributed by atoms with E-state index >= 15 is 0 Å². The molecule has 1 N–H and O–H groups in total. The minimum atomic E-state index is -0.113. The number of aromatic nitrogens is 4. The zero-order valence-electron chi connectivity index (χ0n) is 19.3. The number of aryl methyl sites for hydroxylation is 1. The molecule has 1 aromatic carbocycles. The molecule has 0 spiro atoms. The van der Waals surface area contributed by atoms with Crippen molar-refractivity contribution in [3.63, 3.8) is 0 Å². The van der Waals surface area contributed by atoms with Crippen molar-refractivity contribution in [2.45, 2.75) is 84.5 Å². The van der Waals surface area contributed by atoms with Gasteiger partial charge in [0.25, 0.3) is 0 Å². The molecular weight excluding hydrogens is 391 g/mol. The van der Waals surface area contributed by atoms with Gasteiger partial charge in [-0.3, -0.25) is 15.5 Å². The van der Waals surface area contributed by atoms with Crippen LogP contribution in [0, 0.1) is 0 Å². The Balaban J connectivity index is 0.00000450. The average molecular weight is 427 g/mol. The van der Waals surface area contributed by atoms with Crippen molar-refractivity contribution in [1.82, 2.24) is 20.6 Å². The van der Waals surface area contributed by atoms with Crippen LogP contribution < -0.4 is 44.2 Å². The molecule has 0 aliphatic rings. The Morgan fingerprint density at radius 2 is 1.67 bits per heavy atom. The molecule has 8 heteroatoms. The van der Waals surface area contributed by atoms with Crippen LogP contribution in [0.4, 0.5) is 0 Å². The van der Waals surface area contributed by atoms with Crippen molar-refractivity contribution < 1.29 is 44.1 Å². The van der Waals surface area contributed by atoms with E-state index < -0.39 is 0 Å². The summed E-state index contributed by atoms with van der Waals surface area (Å²) in [6.07, 6.45) is 8.15. The number of aromatic hydroxyl groups is 1. The minimum absolute atomic E-state index is 0. The van der Waals surface area contributed by atoms with Crippen molar-refractivity contribution in [3.8, 4) is 17.2 Å². The van der Waals surface area contributed by atoms with Crippen molar-refractivity contribution in [2.24, 2.45) is 0 Å². The van der Waals surface area contributed by atoms with Crippen LogP contribution in [0.3, 0.4) is 0 Å². The standard InChI is InChI=1S/C22H35N4O3.Na/c1-5-7-10-13-29-20-15-17(6-2)19(16-18(20)27)28-14-11-8-9-12-22(3,4)21-23-25-26-24-21;/h15-16H,5-14H2,1-4H3,(H-,23,24,25,26,27);/q-1;+1. The zero-order valence-corrected chi connectivity index (χ0v) is 21.3. The van der Waals surface area contributed by atoms with Gasteiger partial charge in [-0.1, -0.05) is 53.4 Å². The molecule has 1 heterocycles. The van der Waals surface area contributed by atoms with E-state index in [1.165, 1.54) is 0 Å². The number of ether oxygens (including phenoxy) is 2. The first-order valence-electron chi connectivity index (χ1n) is 10.8. The first-order valence-corrected chi connectivity index (χ1v) is 10.8. The Labute approximate surface area is 202 Å². The second kappa shape index (κ2) is 13.9. The largest absolute Gasteiger partial charge is 1.00 e. The molecule has 162 valence electrons. The minimum Gasteiger partial charge on any atom is -0.504 e. The molecule has 0 atom stereocenters. The number of hydrogen-bond acceptors (Lipinski definition) is 6. The third-order valence-corrected chi connectivity index (χ3v) is 5.16. The first kappa shape index (κ1) is 26.7. The van der Waals surface area contributed by atoms with E-state index in [0.717, 1.165) is 62.7 Å². The van der Waals surface area contributed by atoms with Crippen LogP contribution in [0.1, 0.15) is 84.0 Å². The Bertz CT molecular complexity index is 723. The molecule has 2 aromatic rings. The molecule has 0 aliphatic heterocycles. The summed E-state index contributed by atoms with van der Waals surface area (Å²) in [5.74, 6) is 2.14. The Kier molecular flexibility index (Phi) is 12.4. The normalized spacial score (nSPS) is 11.2. The summed E-state index contributed by atoms with van der Waals surface area (Å²) < 4.78 is 11.7. The maximum Gasteiger partial charge on any atom is 1.00 e. The van der Waals surface area contributed by atoms with Gasteiger partial charge < -0.3 is 19.7 Å². The Hall–Kier alpha value is -1.31. The first-order chi connectivity index (χ1) is 14.0. The number of rotatable bonds is 14. The van der Waals surface area contributed by atoms with Crippen LogP contribution >= 0.6 is 0 Å². The number of phenolic OH excluding ortho intramolecular Hbond substituents is 1. The van der Waals surface area contributed by atoms with E-state index in [1.54, 1.807) is 6.07 Å². The molecule has 0 saturated carbocycles. The van der Waals surface area contributed by atoms with Gasteiger partial charge >= 0.3 is 29.6 Å². The fourth-order valence-electron chi connectivity index (χ4n) is 3.21. The van der Waals surface area contributed by atoms with Crippen LogP contribution in [-0.2, 0) is 11.8 Å². The van der Waals surface area contributed by atoms with E-state index in [-0.39, 0.29) is 40.7 Å². The fraction of sp³-hybridized carbons (Fsp3) is 0.682. The number of phenols is 1. The second-order valence-electron chi connectivity index (χ2n) is 8.08. The van der Waals surface area contributed by atoms with E-state index in [9.17, 15) is 5.11 Å². The molecule has 0 saturated heterocycles. The Morgan fingerprint density at radius 1 is 0.967 bits per heavy atom. The fourth-order valence-corrected chi connectivity index (χ4v) is 3.21. The van der Waals surface area contributed by atoms with Crippen LogP contribution in [0.5, 0.6) is 17.2 Å². The number of benzene rings is 1. The van der Waals surface area contributed by atoms with Crippen LogP contribution in [0.15, 0.2) is 12.1 Å².